The van der Waals surface area contributed by atoms with Gasteiger partial charge in [-0.15, -0.1) is 10.2 Å². The third-order valence-electron chi connectivity index (χ3n) is 3.73. The largest absolute Gasteiger partial charge is 0.309 e. The Morgan fingerprint density at radius 3 is 2.59 bits per heavy atom. The van der Waals surface area contributed by atoms with E-state index in [4.69, 9.17) is 34.8 Å². The summed E-state index contributed by atoms with van der Waals surface area (Å²) in [4.78, 5) is 16.3. The average Bonchev–Trinajstić information content (AvgIpc) is 3.02. The van der Waals surface area contributed by atoms with Gasteiger partial charge in [-0.1, -0.05) is 46.6 Å². The number of hydrogen-bond acceptors (Lipinski definition) is 5. The fourth-order valence-electron chi connectivity index (χ4n) is 2.23. The Balaban J connectivity index is 1.66. The van der Waals surface area contributed by atoms with Crippen molar-refractivity contribution in [3.05, 3.63) is 51.1 Å². The second-order valence-corrected chi connectivity index (χ2v) is 7.77. The van der Waals surface area contributed by atoms with Gasteiger partial charge < -0.3 is 9.88 Å². The zero-order chi connectivity index (χ0) is 19.6. The van der Waals surface area contributed by atoms with Gasteiger partial charge in [0.2, 0.25) is 5.91 Å². The number of anilines is 1. The highest BCUT2D eigenvalue weighted by Gasteiger charge is 2.15. The summed E-state index contributed by atoms with van der Waals surface area (Å²) in [6.07, 6.45) is 1.45. The summed E-state index contributed by atoms with van der Waals surface area (Å²) in [6.45, 7) is 1.76. The molecule has 6 nitrogen and oxygen atoms in total. The van der Waals surface area contributed by atoms with Crippen molar-refractivity contribution in [1.82, 2.24) is 19.7 Å². The molecule has 3 aromatic rings. The van der Waals surface area contributed by atoms with E-state index in [1.165, 1.54) is 18.0 Å². The molecule has 2 heterocycles. The van der Waals surface area contributed by atoms with Crippen LogP contribution in [0.15, 0.2) is 35.6 Å². The Morgan fingerprint density at radius 2 is 1.89 bits per heavy atom. The highest BCUT2D eigenvalue weighted by atomic mass is 35.5. The lowest BCUT2D eigenvalue weighted by Crippen LogP contribution is -2.16. The molecule has 0 fully saturated rings. The molecule has 0 aliphatic rings. The predicted molar refractivity (Wildman–Crippen MR) is 110 cm³/mol. The number of pyridine rings is 1. The highest BCUT2D eigenvalue weighted by Crippen LogP contribution is 2.29. The molecule has 1 aromatic carbocycles. The summed E-state index contributed by atoms with van der Waals surface area (Å²) >= 11 is 19.3. The van der Waals surface area contributed by atoms with Crippen LogP contribution >= 0.6 is 46.6 Å². The van der Waals surface area contributed by atoms with Crippen LogP contribution < -0.4 is 5.32 Å². The average molecular weight is 443 g/mol. The number of halogens is 3. The molecule has 0 bridgehead atoms. The quantitative estimate of drug-likeness (QED) is 0.570. The van der Waals surface area contributed by atoms with Crippen LogP contribution in [0.2, 0.25) is 15.1 Å². The molecular weight excluding hydrogens is 429 g/mol. The summed E-state index contributed by atoms with van der Waals surface area (Å²) in [5.41, 5.74) is 1.55. The number of nitrogens with one attached hydrogen (secondary N) is 1. The number of rotatable bonds is 5. The van der Waals surface area contributed by atoms with E-state index in [9.17, 15) is 4.79 Å². The number of nitrogens with zero attached hydrogens (tertiary/aromatic N) is 4. The SMILES string of the molecule is Cc1c(Cl)cnc(NC(=O)CSc2nnc(-c3ccc(Cl)cc3)n2C)c1Cl. The van der Waals surface area contributed by atoms with E-state index in [0.29, 0.717) is 31.6 Å². The van der Waals surface area contributed by atoms with Crippen molar-refractivity contribution < 1.29 is 4.79 Å². The summed E-state index contributed by atoms with van der Waals surface area (Å²) in [5.74, 6) is 0.843. The van der Waals surface area contributed by atoms with E-state index in [0.717, 1.165) is 5.56 Å². The third-order valence-corrected chi connectivity index (χ3v) is 5.85. The van der Waals surface area contributed by atoms with Crippen LogP contribution in [0.3, 0.4) is 0 Å². The van der Waals surface area contributed by atoms with Crippen LogP contribution in [0.25, 0.3) is 11.4 Å². The molecule has 0 saturated heterocycles. The highest BCUT2D eigenvalue weighted by molar-refractivity contribution is 7.99. The number of aromatic nitrogens is 4. The van der Waals surface area contributed by atoms with Crippen LogP contribution in [-0.2, 0) is 11.8 Å². The Morgan fingerprint density at radius 1 is 1.19 bits per heavy atom. The standard InChI is InChI=1S/C17H14Cl3N5OS/c1-9-12(19)7-21-15(14(9)20)22-13(26)8-27-17-24-23-16(25(17)2)10-3-5-11(18)6-4-10/h3-7H,8H2,1-2H3,(H,21,22,26). The van der Waals surface area contributed by atoms with Crippen molar-refractivity contribution in [2.75, 3.05) is 11.1 Å². The number of carbonyl (C=O) groups is 1. The molecule has 0 radical (unpaired) electrons. The summed E-state index contributed by atoms with van der Waals surface area (Å²) in [5, 5.41) is 13.0. The van der Waals surface area contributed by atoms with Crippen molar-refractivity contribution in [2.24, 2.45) is 7.05 Å². The van der Waals surface area contributed by atoms with Crippen LogP contribution in [-0.4, -0.2) is 31.4 Å². The molecule has 10 heteroatoms. The van der Waals surface area contributed by atoms with Crippen molar-refractivity contribution >= 4 is 58.3 Å². The van der Waals surface area contributed by atoms with Gasteiger partial charge in [0.1, 0.15) is 0 Å². The molecule has 3 rings (SSSR count). The van der Waals surface area contributed by atoms with Gasteiger partial charge in [0.05, 0.1) is 15.8 Å². The number of thioether (sulfide) groups is 1. The number of carbonyl (C=O) groups excluding carboxylic acids is 1. The minimum Gasteiger partial charge on any atom is -0.309 e. The maximum atomic E-state index is 12.2. The predicted octanol–water partition coefficient (Wildman–Crippen LogP) is 4.88. The van der Waals surface area contributed by atoms with E-state index in [1.807, 2.05) is 23.7 Å². The van der Waals surface area contributed by atoms with Crippen LogP contribution in [0.1, 0.15) is 5.56 Å². The van der Waals surface area contributed by atoms with Gasteiger partial charge >= 0.3 is 0 Å². The second-order valence-electron chi connectivity index (χ2n) is 5.60. The molecule has 0 spiro atoms. The Hall–Kier alpha value is -1.80. The lowest BCUT2D eigenvalue weighted by Gasteiger charge is -2.09. The summed E-state index contributed by atoms with van der Waals surface area (Å²) in [7, 11) is 1.84. The van der Waals surface area contributed by atoms with Crippen LogP contribution in [0, 0.1) is 6.92 Å². The fourth-order valence-corrected chi connectivity index (χ4v) is 3.46. The van der Waals surface area contributed by atoms with Gasteiger partial charge in [-0.3, -0.25) is 4.79 Å². The number of amides is 1. The molecule has 0 atom stereocenters. The van der Waals surface area contributed by atoms with Gasteiger partial charge in [0.25, 0.3) is 0 Å². The van der Waals surface area contributed by atoms with E-state index in [2.05, 4.69) is 20.5 Å². The molecule has 2 aromatic heterocycles. The van der Waals surface area contributed by atoms with Gasteiger partial charge in [0, 0.05) is 23.8 Å². The lowest BCUT2D eigenvalue weighted by atomic mass is 10.2. The molecule has 0 aliphatic heterocycles. The second kappa shape index (κ2) is 8.48. The summed E-state index contributed by atoms with van der Waals surface area (Å²) < 4.78 is 1.82. The zero-order valence-corrected chi connectivity index (χ0v) is 17.4. The number of benzene rings is 1. The van der Waals surface area contributed by atoms with Crippen LogP contribution in [0.4, 0.5) is 5.82 Å². The Labute approximate surface area is 175 Å². The molecule has 1 N–H and O–H groups in total. The Kier molecular flexibility index (Phi) is 6.26. The van der Waals surface area contributed by atoms with Gasteiger partial charge in [-0.05, 0) is 36.8 Å². The number of hydrogen-bond donors (Lipinski definition) is 1. The topological polar surface area (TPSA) is 72.7 Å². The molecule has 140 valence electrons. The molecule has 1 amide bonds. The van der Waals surface area contributed by atoms with E-state index in [1.54, 1.807) is 19.1 Å². The maximum absolute atomic E-state index is 12.2. The maximum Gasteiger partial charge on any atom is 0.236 e. The molecule has 0 saturated carbocycles. The normalized spacial score (nSPS) is 10.9. The first kappa shape index (κ1) is 19.9. The van der Waals surface area contributed by atoms with Crippen molar-refractivity contribution in [1.29, 1.82) is 0 Å². The monoisotopic (exact) mass is 441 g/mol. The molecule has 27 heavy (non-hydrogen) atoms. The zero-order valence-electron chi connectivity index (χ0n) is 14.3. The van der Waals surface area contributed by atoms with E-state index < -0.39 is 0 Å². The molecule has 0 unspecified atom stereocenters. The van der Waals surface area contributed by atoms with Gasteiger partial charge in [-0.25, -0.2) is 4.98 Å². The first-order valence-electron chi connectivity index (χ1n) is 7.75. The summed E-state index contributed by atoms with van der Waals surface area (Å²) in [6, 6.07) is 7.31. The minimum absolute atomic E-state index is 0.131. The Bertz CT molecular complexity index is 991. The molecular formula is C17H14Cl3N5OS. The first-order valence-corrected chi connectivity index (χ1v) is 9.87. The van der Waals surface area contributed by atoms with Crippen molar-refractivity contribution in [3.63, 3.8) is 0 Å². The van der Waals surface area contributed by atoms with Gasteiger partial charge in [0.15, 0.2) is 16.8 Å². The van der Waals surface area contributed by atoms with Gasteiger partial charge in [-0.2, -0.15) is 0 Å². The smallest absolute Gasteiger partial charge is 0.236 e. The van der Waals surface area contributed by atoms with E-state index in [-0.39, 0.29) is 17.5 Å². The van der Waals surface area contributed by atoms with Crippen LogP contribution in [0.5, 0.6) is 0 Å². The van der Waals surface area contributed by atoms with Crippen molar-refractivity contribution in [3.8, 4) is 11.4 Å². The third kappa shape index (κ3) is 4.55. The lowest BCUT2D eigenvalue weighted by molar-refractivity contribution is -0.113. The van der Waals surface area contributed by atoms with Crippen molar-refractivity contribution in [2.45, 2.75) is 12.1 Å². The first-order chi connectivity index (χ1) is 12.9. The minimum atomic E-state index is -0.257. The fraction of sp³-hybridized carbons (Fsp3) is 0.176. The van der Waals surface area contributed by atoms with E-state index >= 15 is 0 Å². The molecule has 0 aliphatic carbocycles.